The van der Waals surface area contributed by atoms with E-state index < -0.39 is 0 Å². The third-order valence-corrected chi connectivity index (χ3v) is 3.55. The summed E-state index contributed by atoms with van der Waals surface area (Å²) in [6.07, 6.45) is 3.43. The SMILES string of the molecule is CCCCC1(C)NC(=S)N(c2ccc(C)cc2)N1. The van der Waals surface area contributed by atoms with E-state index in [4.69, 9.17) is 12.2 Å². The molecule has 1 aromatic rings. The normalized spacial score (nSPS) is 23.3. The van der Waals surface area contributed by atoms with Crippen molar-refractivity contribution in [2.45, 2.75) is 45.7 Å². The summed E-state index contributed by atoms with van der Waals surface area (Å²) in [4.78, 5) is 0. The Balaban J connectivity index is 2.11. The van der Waals surface area contributed by atoms with Crippen LogP contribution in [0.5, 0.6) is 0 Å². The zero-order chi connectivity index (χ0) is 13.2. The molecule has 18 heavy (non-hydrogen) atoms. The molecule has 2 N–H and O–H groups in total. The van der Waals surface area contributed by atoms with Gasteiger partial charge in [-0.05, 0) is 51.0 Å². The Morgan fingerprint density at radius 1 is 1.28 bits per heavy atom. The highest BCUT2D eigenvalue weighted by Crippen LogP contribution is 2.22. The molecule has 1 aromatic carbocycles. The van der Waals surface area contributed by atoms with Gasteiger partial charge in [-0.1, -0.05) is 31.0 Å². The van der Waals surface area contributed by atoms with E-state index in [-0.39, 0.29) is 5.66 Å². The van der Waals surface area contributed by atoms with Crippen LogP contribution in [0.2, 0.25) is 0 Å². The number of nitrogens with one attached hydrogen (secondary N) is 2. The van der Waals surface area contributed by atoms with Crippen molar-refractivity contribution in [3.8, 4) is 0 Å². The van der Waals surface area contributed by atoms with Crippen LogP contribution in [0.1, 0.15) is 38.7 Å². The van der Waals surface area contributed by atoms with Crippen LogP contribution in [0.15, 0.2) is 24.3 Å². The van der Waals surface area contributed by atoms with Crippen molar-refractivity contribution in [3.63, 3.8) is 0 Å². The van der Waals surface area contributed by atoms with Gasteiger partial charge in [0.15, 0.2) is 5.11 Å². The molecule has 4 heteroatoms. The maximum absolute atomic E-state index is 5.41. The molecule has 3 nitrogen and oxygen atoms in total. The Morgan fingerprint density at radius 3 is 2.56 bits per heavy atom. The minimum absolute atomic E-state index is 0.127. The van der Waals surface area contributed by atoms with Crippen molar-refractivity contribution >= 4 is 23.0 Å². The van der Waals surface area contributed by atoms with Crippen LogP contribution in [0.3, 0.4) is 0 Å². The van der Waals surface area contributed by atoms with Gasteiger partial charge in [-0.25, -0.2) is 5.43 Å². The van der Waals surface area contributed by atoms with Crippen molar-refractivity contribution < 1.29 is 0 Å². The molecule has 1 saturated heterocycles. The molecular formula is C14H21N3S. The quantitative estimate of drug-likeness (QED) is 0.816. The van der Waals surface area contributed by atoms with Crippen LogP contribution >= 0.6 is 12.2 Å². The van der Waals surface area contributed by atoms with Crippen molar-refractivity contribution in [3.05, 3.63) is 29.8 Å². The standard InChI is InChI=1S/C14H21N3S/c1-4-5-10-14(3)15-13(18)17(16-14)12-8-6-11(2)7-9-12/h6-9,16H,4-5,10H2,1-3H3,(H,15,18). The predicted octanol–water partition coefficient (Wildman–Crippen LogP) is 3.10. The summed E-state index contributed by atoms with van der Waals surface area (Å²) < 4.78 is 0. The Kier molecular flexibility index (Phi) is 3.88. The van der Waals surface area contributed by atoms with Crippen LogP contribution in [0.4, 0.5) is 5.69 Å². The van der Waals surface area contributed by atoms with Crippen molar-refractivity contribution in [1.29, 1.82) is 0 Å². The number of anilines is 1. The van der Waals surface area contributed by atoms with Crippen LogP contribution in [0.25, 0.3) is 0 Å². The molecule has 0 bridgehead atoms. The highest BCUT2D eigenvalue weighted by molar-refractivity contribution is 7.80. The maximum Gasteiger partial charge on any atom is 0.189 e. The molecule has 1 unspecified atom stereocenters. The summed E-state index contributed by atoms with van der Waals surface area (Å²) in [7, 11) is 0. The fourth-order valence-corrected chi connectivity index (χ4v) is 2.52. The van der Waals surface area contributed by atoms with Gasteiger partial charge in [0.05, 0.1) is 5.69 Å². The smallest absolute Gasteiger partial charge is 0.189 e. The van der Waals surface area contributed by atoms with Gasteiger partial charge in [-0.15, -0.1) is 0 Å². The lowest BCUT2D eigenvalue weighted by Crippen LogP contribution is -2.48. The van der Waals surface area contributed by atoms with E-state index in [0.717, 1.165) is 17.2 Å². The van der Waals surface area contributed by atoms with Gasteiger partial charge in [-0.2, -0.15) is 0 Å². The molecule has 0 radical (unpaired) electrons. The van der Waals surface area contributed by atoms with E-state index in [1.165, 1.54) is 18.4 Å². The monoisotopic (exact) mass is 263 g/mol. The lowest BCUT2D eigenvalue weighted by molar-refractivity contribution is 0.337. The second kappa shape index (κ2) is 5.24. The summed E-state index contributed by atoms with van der Waals surface area (Å²) in [6, 6.07) is 8.37. The Bertz CT molecular complexity index is 429. The average molecular weight is 263 g/mol. The van der Waals surface area contributed by atoms with Crippen LogP contribution in [-0.2, 0) is 0 Å². The summed E-state index contributed by atoms with van der Waals surface area (Å²) in [5, 5.41) is 6.08. The lowest BCUT2D eigenvalue weighted by Gasteiger charge is -2.25. The number of hydrogen-bond donors (Lipinski definition) is 2. The molecule has 1 aliphatic rings. The first-order valence-corrected chi connectivity index (χ1v) is 6.92. The Hall–Kier alpha value is -1.13. The van der Waals surface area contributed by atoms with Gasteiger partial charge < -0.3 is 5.32 Å². The van der Waals surface area contributed by atoms with Crippen molar-refractivity contribution in [1.82, 2.24) is 10.7 Å². The molecule has 1 fully saturated rings. The summed E-state index contributed by atoms with van der Waals surface area (Å²) in [5.41, 5.74) is 5.68. The number of hydrogen-bond acceptors (Lipinski definition) is 2. The third kappa shape index (κ3) is 2.82. The van der Waals surface area contributed by atoms with E-state index in [9.17, 15) is 0 Å². The number of rotatable bonds is 4. The highest BCUT2D eigenvalue weighted by Gasteiger charge is 2.35. The van der Waals surface area contributed by atoms with Crippen LogP contribution in [-0.4, -0.2) is 10.8 Å². The van der Waals surface area contributed by atoms with Gasteiger partial charge in [0, 0.05) is 0 Å². The predicted molar refractivity (Wildman–Crippen MR) is 80.5 cm³/mol. The minimum Gasteiger partial charge on any atom is -0.342 e. The molecule has 0 saturated carbocycles. The Morgan fingerprint density at radius 2 is 1.94 bits per heavy atom. The molecular weight excluding hydrogens is 242 g/mol. The molecule has 1 atom stereocenters. The molecule has 98 valence electrons. The molecule has 1 heterocycles. The number of benzene rings is 1. The minimum atomic E-state index is -0.127. The van der Waals surface area contributed by atoms with Gasteiger partial charge in [0.1, 0.15) is 5.66 Å². The molecule has 2 rings (SSSR count). The molecule has 0 aliphatic carbocycles. The van der Waals surface area contributed by atoms with E-state index in [2.05, 4.69) is 55.8 Å². The van der Waals surface area contributed by atoms with Crippen LogP contribution in [0, 0.1) is 6.92 Å². The van der Waals surface area contributed by atoms with E-state index in [0.29, 0.717) is 0 Å². The fourth-order valence-electron chi connectivity index (χ4n) is 2.14. The third-order valence-electron chi connectivity index (χ3n) is 3.27. The second-order valence-corrected chi connectivity index (χ2v) is 5.54. The largest absolute Gasteiger partial charge is 0.342 e. The molecule has 0 spiro atoms. The number of aryl methyl sites for hydroxylation is 1. The fraction of sp³-hybridized carbons (Fsp3) is 0.500. The average Bonchev–Trinajstić information content (AvgIpc) is 2.64. The van der Waals surface area contributed by atoms with Gasteiger partial charge >= 0.3 is 0 Å². The van der Waals surface area contributed by atoms with Gasteiger partial charge in [0.25, 0.3) is 0 Å². The van der Waals surface area contributed by atoms with Gasteiger partial charge in [0.2, 0.25) is 0 Å². The number of hydrazine groups is 1. The maximum atomic E-state index is 5.41. The van der Waals surface area contributed by atoms with Crippen LogP contribution < -0.4 is 15.8 Å². The summed E-state index contributed by atoms with van der Waals surface area (Å²) in [5.74, 6) is 0. The van der Waals surface area contributed by atoms with E-state index in [1.54, 1.807) is 0 Å². The van der Waals surface area contributed by atoms with E-state index in [1.807, 2.05) is 5.01 Å². The molecule has 0 aromatic heterocycles. The molecule has 1 aliphatic heterocycles. The van der Waals surface area contributed by atoms with Crippen molar-refractivity contribution in [2.75, 3.05) is 5.01 Å². The topological polar surface area (TPSA) is 27.3 Å². The number of thiocarbonyl (C=S) groups is 1. The van der Waals surface area contributed by atoms with Crippen molar-refractivity contribution in [2.24, 2.45) is 0 Å². The van der Waals surface area contributed by atoms with E-state index >= 15 is 0 Å². The first-order valence-electron chi connectivity index (χ1n) is 6.51. The second-order valence-electron chi connectivity index (χ2n) is 5.15. The summed E-state index contributed by atoms with van der Waals surface area (Å²) >= 11 is 5.41. The zero-order valence-electron chi connectivity index (χ0n) is 11.3. The lowest BCUT2D eigenvalue weighted by atomic mass is 10.1. The zero-order valence-corrected chi connectivity index (χ0v) is 12.1. The summed E-state index contributed by atoms with van der Waals surface area (Å²) in [6.45, 7) is 6.45. The number of unbranched alkanes of at least 4 members (excludes halogenated alkanes) is 1. The highest BCUT2D eigenvalue weighted by atomic mass is 32.1. The first kappa shape index (κ1) is 13.3. The Labute approximate surface area is 115 Å². The molecule has 0 amide bonds. The van der Waals surface area contributed by atoms with Gasteiger partial charge in [-0.3, -0.25) is 5.01 Å². The first-order chi connectivity index (χ1) is 8.54. The number of nitrogens with zero attached hydrogens (tertiary/aromatic N) is 1.